The third kappa shape index (κ3) is 11.6. The summed E-state index contributed by atoms with van der Waals surface area (Å²) in [4.78, 5) is 4.45. The monoisotopic (exact) mass is 319 g/mol. The molecule has 0 fully saturated rings. The highest BCUT2D eigenvalue weighted by Crippen LogP contribution is 2.16. The summed E-state index contributed by atoms with van der Waals surface area (Å²) in [6, 6.07) is 0. The Kier molecular flexibility index (Phi) is 12.3. The molecule has 0 aromatic carbocycles. The summed E-state index contributed by atoms with van der Waals surface area (Å²) in [6.07, 6.45) is 22.2. The summed E-state index contributed by atoms with van der Waals surface area (Å²) in [5.74, 6) is 0.890. The number of hydrogen-bond donors (Lipinski definition) is 0. The Balaban J connectivity index is 1.76. The zero-order chi connectivity index (χ0) is 16.8. The van der Waals surface area contributed by atoms with Crippen LogP contribution in [0.4, 0.5) is 0 Å². The van der Waals surface area contributed by atoms with Crippen molar-refractivity contribution in [2.75, 3.05) is 6.54 Å². The van der Waals surface area contributed by atoms with Crippen molar-refractivity contribution in [3.05, 3.63) is 11.6 Å². The Morgan fingerprint density at radius 1 is 0.826 bits per heavy atom. The van der Waals surface area contributed by atoms with Gasteiger partial charge in [0.2, 0.25) is 0 Å². The van der Waals surface area contributed by atoms with E-state index >= 15 is 0 Å². The van der Waals surface area contributed by atoms with Crippen LogP contribution in [0.2, 0.25) is 0 Å². The number of hydrogen-bond acceptors (Lipinski definition) is 1. The van der Waals surface area contributed by atoms with Crippen LogP contribution >= 0.6 is 0 Å². The lowest BCUT2D eigenvalue weighted by Gasteiger charge is -2.04. The van der Waals surface area contributed by atoms with Crippen molar-refractivity contribution >= 4 is 5.71 Å². The number of unbranched alkanes of at least 4 members (excludes halogenated alkanes) is 11. The van der Waals surface area contributed by atoms with E-state index in [0.29, 0.717) is 0 Å². The lowest BCUT2D eigenvalue weighted by molar-refractivity contribution is 0.504. The number of rotatable bonds is 14. The van der Waals surface area contributed by atoms with E-state index in [2.05, 4.69) is 31.8 Å². The van der Waals surface area contributed by atoms with E-state index in [9.17, 15) is 0 Å². The van der Waals surface area contributed by atoms with E-state index in [1.54, 1.807) is 0 Å². The molecule has 0 spiro atoms. The number of allylic oxidation sites excluding steroid dienone is 1. The summed E-state index contributed by atoms with van der Waals surface area (Å²) in [7, 11) is 0. The van der Waals surface area contributed by atoms with Crippen molar-refractivity contribution in [2.24, 2.45) is 10.9 Å². The number of aliphatic imine (C=N–C) groups is 1. The van der Waals surface area contributed by atoms with Crippen LogP contribution < -0.4 is 0 Å². The molecule has 0 N–H and O–H groups in total. The summed E-state index contributed by atoms with van der Waals surface area (Å²) in [5.41, 5.74) is 2.80. The summed E-state index contributed by atoms with van der Waals surface area (Å²) in [6.45, 7) is 7.85. The molecule has 134 valence electrons. The fourth-order valence-corrected chi connectivity index (χ4v) is 3.44. The van der Waals surface area contributed by atoms with Crippen LogP contribution in [0.25, 0.3) is 0 Å². The third-order valence-electron chi connectivity index (χ3n) is 5.07. The highest BCUT2D eigenvalue weighted by molar-refractivity contribution is 5.99. The quantitative estimate of drug-likeness (QED) is 0.294. The van der Waals surface area contributed by atoms with Gasteiger partial charge in [-0.1, -0.05) is 90.6 Å². The van der Waals surface area contributed by atoms with E-state index in [-0.39, 0.29) is 0 Å². The molecule has 1 aliphatic heterocycles. The fraction of sp³-hybridized carbons (Fsp3) is 0.864. The van der Waals surface area contributed by atoms with E-state index in [1.165, 1.54) is 101 Å². The average Bonchev–Trinajstić information content (AvgIpc) is 2.92. The second kappa shape index (κ2) is 13.8. The molecule has 0 amide bonds. The van der Waals surface area contributed by atoms with Gasteiger partial charge in [-0.25, -0.2) is 0 Å². The van der Waals surface area contributed by atoms with Crippen molar-refractivity contribution in [3.8, 4) is 0 Å². The molecule has 0 atom stereocenters. The molecule has 0 aromatic heterocycles. The second-order valence-electron chi connectivity index (χ2n) is 7.81. The molecular weight excluding hydrogens is 278 g/mol. The van der Waals surface area contributed by atoms with Crippen molar-refractivity contribution in [1.82, 2.24) is 0 Å². The Bertz CT molecular complexity index is 338. The molecular formula is C22H41N. The van der Waals surface area contributed by atoms with Crippen molar-refractivity contribution < 1.29 is 0 Å². The molecule has 1 heteroatoms. The van der Waals surface area contributed by atoms with Gasteiger partial charge in [0.25, 0.3) is 0 Å². The average molecular weight is 320 g/mol. The van der Waals surface area contributed by atoms with E-state index in [0.717, 1.165) is 12.5 Å². The molecule has 1 nitrogen and oxygen atoms in total. The maximum absolute atomic E-state index is 4.45. The topological polar surface area (TPSA) is 12.4 Å². The largest absolute Gasteiger partial charge is 0.289 e. The van der Waals surface area contributed by atoms with Gasteiger partial charge in [0, 0.05) is 12.3 Å². The van der Waals surface area contributed by atoms with Gasteiger partial charge in [-0.3, -0.25) is 4.99 Å². The zero-order valence-electron chi connectivity index (χ0n) is 16.2. The normalized spacial score (nSPS) is 16.5. The van der Waals surface area contributed by atoms with Gasteiger partial charge in [-0.2, -0.15) is 0 Å². The summed E-state index contributed by atoms with van der Waals surface area (Å²) >= 11 is 0. The predicted molar refractivity (Wildman–Crippen MR) is 106 cm³/mol. The van der Waals surface area contributed by atoms with Gasteiger partial charge >= 0.3 is 0 Å². The van der Waals surface area contributed by atoms with Crippen LogP contribution in [0.5, 0.6) is 0 Å². The Hall–Kier alpha value is -0.590. The second-order valence-corrected chi connectivity index (χ2v) is 7.81. The van der Waals surface area contributed by atoms with Crippen molar-refractivity contribution in [2.45, 2.75) is 111 Å². The standard InChI is InChI=1S/C22H41N/c1-20(2)16-14-12-10-8-6-4-5-7-9-11-13-15-17-22-18-19-23-21(22)3/h17,20H,4-16,18-19H2,1-3H3. The number of nitrogens with zero attached hydrogens (tertiary/aromatic N) is 1. The smallest absolute Gasteiger partial charge is 0.0433 e. The van der Waals surface area contributed by atoms with E-state index in [1.807, 2.05) is 0 Å². The maximum atomic E-state index is 4.45. The first-order valence-corrected chi connectivity index (χ1v) is 10.4. The van der Waals surface area contributed by atoms with Crippen LogP contribution in [0.1, 0.15) is 111 Å². The highest BCUT2D eigenvalue weighted by Gasteiger charge is 2.06. The van der Waals surface area contributed by atoms with Crippen molar-refractivity contribution in [1.29, 1.82) is 0 Å². The van der Waals surface area contributed by atoms with Gasteiger partial charge < -0.3 is 0 Å². The fourth-order valence-electron chi connectivity index (χ4n) is 3.44. The van der Waals surface area contributed by atoms with Gasteiger partial charge in [0.05, 0.1) is 0 Å². The minimum absolute atomic E-state index is 0.890. The highest BCUT2D eigenvalue weighted by atomic mass is 14.8. The summed E-state index contributed by atoms with van der Waals surface area (Å²) < 4.78 is 0. The van der Waals surface area contributed by atoms with Gasteiger partial charge in [0.1, 0.15) is 0 Å². The van der Waals surface area contributed by atoms with Crippen LogP contribution in [0.3, 0.4) is 0 Å². The zero-order valence-corrected chi connectivity index (χ0v) is 16.2. The van der Waals surface area contributed by atoms with Crippen molar-refractivity contribution in [3.63, 3.8) is 0 Å². The Labute approximate surface area is 146 Å². The Morgan fingerprint density at radius 2 is 1.35 bits per heavy atom. The molecule has 0 saturated heterocycles. The lowest BCUT2D eigenvalue weighted by Crippen LogP contribution is -1.89. The van der Waals surface area contributed by atoms with Crippen LogP contribution in [-0.2, 0) is 0 Å². The lowest BCUT2D eigenvalue weighted by atomic mass is 10.0. The van der Waals surface area contributed by atoms with Crippen LogP contribution in [0, 0.1) is 5.92 Å². The minimum atomic E-state index is 0.890. The molecule has 23 heavy (non-hydrogen) atoms. The molecule has 0 aromatic rings. The first kappa shape index (κ1) is 20.5. The SMILES string of the molecule is CC1=NCCC1=CCCCCCCCCCCCCCC(C)C. The molecule has 0 saturated carbocycles. The van der Waals surface area contributed by atoms with Crippen LogP contribution in [0.15, 0.2) is 16.6 Å². The molecule has 0 radical (unpaired) electrons. The first-order chi connectivity index (χ1) is 11.2. The Morgan fingerprint density at radius 3 is 1.83 bits per heavy atom. The van der Waals surface area contributed by atoms with Gasteiger partial charge in [-0.05, 0) is 37.7 Å². The minimum Gasteiger partial charge on any atom is -0.289 e. The molecule has 0 aliphatic carbocycles. The van der Waals surface area contributed by atoms with Gasteiger partial charge in [0.15, 0.2) is 0 Å². The van der Waals surface area contributed by atoms with E-state index in [4.69, 9.17) is 0 Å². The molecule has 1 rings (SSSR count). The molecule has 0 bridgehead atoms. The summed E-state index contributed by atoms with van der Waals surface area (Å²) in [5, 5.41) is 0. The first-order valence-electron chi connectivity index (χ1n) is 10.4. The molecule has 1 heterocycles. The van der Waals surface area contributed by atoms with E-state index < -0.39 is 0 Å². The van der Waals surface area contributed by atoms with Crippen LogP contribution in [-0.4, -0.2) is 12.3 Å². The molecule has 0 unspecified atom stereocenters. The van der Waals surface area contributed by atoms with Gasteiger partial charge in [-0.15, -0.1) is 0 Å². The maximum Gasteiger partial charge on any atom is 0.0433 e. The molecule has 1 aliphatic rings. The third-order valence-corrected chi connectivity index (χ3v) is 5.07. The predicted octanol–water partition coefficient (Wildman–Crippen LogP) is 7.50.